The van der Waals surface area contributed by atoms with Crippen molar-refractivity contribution in [2.24, 2.45) is 5.92 Å². The number of carbonyl (C=O) groups excluding carboxylic acids is 1. The van der Waals surface area contributed by atoms with Crippen LogP contribution in [0.2, 0.25) is 0 Å². The van der Waals surface area contributed by atoms with Crippen LogP contribution in [0.4, 0.5) is 4.39 Å². The highest BCUT2D eigenvalue weighted by Gasteiger charge is 2.20. The molecule has 1 atom stereocenters. The van der Waals surface area contributed by atoms with E-state index in [9.17, 15) is 14.0 Å². The second-order valence-electron chi connectivity index (χ2n) is 4.86. The van der Waals surface area contributed by atoms with Gasteiger partial charge in [-0.3, -0.25) is 4.79 Å². The van der Waals surface area contributed by atoms with Gasteiger partial charge in [0.15, 0.2) is 0 Å². The molecule has 1 N–H and O–H groups in total. The number of rotatable bonds is 6. The molecule has 0 aliphatic rings. The Hall–Kier alpha value is -1.91. The van der Waals surface area contributed by atoms with Gasteiger partial charge in [-0.05, 0) is 31.0 Å². The Morgan fingerprint density at radius 3 is 2.45 bits per heavy atom. The highest BCUT2D eigenvalue weighted by molar-refractivity contribution is 5.96. The molecular formula is C15H20FNO3. The molecule has 1 aromatic carbocycles. The zero-order chi connectivity index (χ0) is 15.3. The van der Waals surface area contributed by atoms with Crippen molar-refractivity contribution in [1.82, 2.24) is 4.90 Å². The summed E-state index contributed by atoms with van der Waals surface area (Å²) in [5.74, 6) is -2.07. The average molecular weight is 281 g/mol. The average Bonchev–Trinajstić information content (AvgIpc) is 2.43. The SMILES string of the molecule is CC[C@H](C)CN(CC)C(=O)c1ccc(C(=O)O)cc1F. The fourth-order valence-electron chi connectivity index (χ4n) is 1.85. The van der Waals surface area contributed by atoms with Crippen molar-refractivity contribution in [2.75, 3.05) is 13.1 Å². The van der Waals surface area contributed by atoms with Crippen LogP contribution in [0.1, 0.15) is 47.9 Å². The predicted octanol–water partition coefficient (Wildman–Crippen LogP) is 3.03. The van der Waals surface area contributed by atoms with Crippen LogP contribution in [0.25, 0.3) is 0 Å². The lowest BCUT2D eigenvalue weighted by Gasteiger charge is -2.24. The van der Waals surface area contributed by atoms with Gasteiger partial charge < -0.3 is 10.0 Å². The summed E-state index contributed by atoms with van der Waals surface area (Å²) in [5.41, 5.74) is -0.246. The van der Waals surface area contributed by atoms with E-state index in [0.717, 1.165) is 12.5 Å². The molecule has 0 aromatic heterocycles. The summed E-state index contributed by atoms with van der Waals surface area (Å²) in [6.45, 7) is 6.95. The summed E-state index contributed by atoms with van der Waals surface area (Å²) in [6, 6.07) is 3.36. The fourth-order valence-corrected chi connectivity index (χ4v) is 1.85. The maximum absolute atomic E-state index is 13.9. The molecule has 0 radical (unpaired) electrons. The van der Waals surface area contributed by atoms with E-state index < -0.39 is 17.7 Å². The minimum Gasteiger partial charge on any atom is -0.478 e. The highest BCUT2D eigenvalue weighted by Crippen LogP contribution is 2.15. The molecule has 1 aromatic rings. The van der Waals surface area contributed by atoms with E-state index in [-0.39, 0.29) is 11.1 Å². The first-order valence-corrected chi connectivity index (χ1v) is 6.72. The number of benzene rings is 1. The molecule has 5 heteroatoms. The van der Waals surface area contributed by atoms with Crippen LogP contribution in [0, 0.1) is 11.7 Å². The Kier molecular flexibility index (Phi) is 5.67. The van der Waals surface area contributed by atoms with Gasteiger partial charge in [-0.2, -0.15) is 0 Å². The smallest absolute Gasteiger partial charge is 0.335 e. The molecule has 0 aliphatic heterocycles. The Bertz CT molecular complexity index is 502. The monoisotopic (exact) mass is 281 g/mol. The zero-order valence-corrected chi connectivity index (χ0v) is 12.0. The quantitative estimate of drug-likeness (QED) is 0.872. The Labute approximate surface area is 118 Å². The first kappa shape index (κ1) is 16.1. The van der Waals surface area contributed by atoms with Gasteiger partial charge in [0.05, 0.1) is 11.1 Å². The van der Waals surface area contributed by atoms with Crippen molar-refractivity contribution in [3.05, 3.63) is 35.1 Å². The normalized spacial score (nSPS) is 12.0. The van der Waals surface area contributed by atoms with Gasteiger partial charge in [0.25, 0.3) is 5.91 Å². The van der Waals surface area contributed by atoms with Crippen LogP contribution in [-0.4, -0.2) is 35.0 Å². The zero-order valence-electron chi connectivity index (χ0n) is 12.0. The van der Waals surface area contributed by atoms with Crippen LogP contribution in [0.5, 0.6) is 0 Å². The van der Waals surface area contributed by atoms with E-state index in [1.165, 1.54) is 12.1 Å². The van der Waals surface area contributed by atoms with Crippen LogP contribution >= 0.6 is 0 Å². The van der Waals surface area contributed by atoms with Gasteiger partial charge in [-0.1, -0.05) is 20.3 Å². The number of carboxylic acids is 1. The second-order valence-corrected chi connectivity index (χ2v) is 4.86. The third-order valence-corrected chi connectivity index (χ3v) is 3.34. The molecule has 20 heavy (non-hydrogen) atoms. The Morgan fingerprint density at radius 2 is 2.00 bits per heavy atom. The number of carboxylic acid groups (broad SMARTS) is 1. The van der Waals surface area contributed by atoms with Crippen LogP contribution in [-0.2, 0) is 0 Å². The van der Waals surface area contributed by atoms with Crippen LogP contribution in [0.15, 0.2) is 18.2 Å². The minimum absolute atomic E-state index is 0.0832. The van der Waals surface area contributed by atoms with Crippen molar-refractivity contribution < 1.29 is 19.1 Å². The molecule has 4 nitrogen and oxygen atoms in total. The van der Waals surface area contributed by atoms with Crippen molar-refractivity contribution in [3.8, 4) is 0 Å². The number of nitrogens with zero attached hydrogens (tertiary/aromatic N) is 1. The molecule has 0 bridgehead atoms. The summed E-state index contributed by atoms with van der Waals surface area (Å²) >= 11 is 0. The third kappa shape index (κ3) is 3.79. The molecule has 1 rings (SSSR count). The molecule has 0 heterocycles. The van der Waals surface area contributed by atoms with E-state index in [1.807, 2.05) is 20.8 Å². The van der Waals surface area contributed by atoms with Gasteiger partial charge in [0, 0.05) is 13.1 Å². The number of amides is 1. The first-order valence-electron chi connectivity index (χ1n) is 6.72. The maximum atomic E-state index is 13.9. The molecule has 0 saturated heterocycles. The molecule has 0 saturated carbocycles. The topological polar surface area (TPSA) is 57.6 Å². The molecular weight excluding hydrogens is 261 g/mol. The minimum atomic E-state index is -1.21. The van der Waals surface area contributed by atoms with Gasteiger partial charge in [0.1, 0.15) is 5.82 Å². The van der Waals surface area contributed by atoms with E-state index in [0.29, 0.717) is 19.0 Å². The number of aromatic carboxylic acids is 1. The van der Waals surface area contributed by atoms with Crippen LogP contribution < -0.4 is 0 Å². The van der Waals surface area contributed by atoms with E-state index in [4.69, 9.17) is 5.11 Å². The largest absolute Gasteiger partial charge is 0.478 e. The third-order valence-electron chi connectivity index (χ3n) is 3.34. The van der Waals surface area contributed by atoms with Gasteiger partial charge >= 0.3 is 5.97 Å². The van der Waals surface area contributed by atoms with Crippen molar-refractivity contribution >= 4 is 11.9 Å². The molecule has 0 unspecified atom stereocenters. The van der Waals surface area contributed by atoms with Crippen molar-refractivity contribution in [1.29, 1.82) is 0 Å². The maximum Gasteiger partial charge on any atom is 0.335 e. The van der Waals surface area contributed by atoms with E-state index >= 15 is 0 Å². The summed E-state index contributed by atoms with van der Waals surface area (Å²) < 4.78 is 13.9. The van der Waals surface area contributed by atoms with Gasteiger partial charge in [0.2, 0.25) is 0 Å². The summed E-state index contributed by atoms with van der Waals surface area (Å²) in [5, 5.41) is 8.78. The lowest BCUT2D eigenvalue weighted by atomic mass is 10.1. The number of halogens is 1. The molecule has 0 aliphatic carbocycles. The lowest BCUT2D eigenvalue weighted by molar-refractivity contribution is 0.0691. The lowest BCUT2D eigenvalue weighted by Crippen LogP contribution is -2.35. The van der Waals surface area contributed by atoms with Gasteiger partial charge in [-0.15, -0.1) is 0 Å². The second kappa shape index (κ2) is 7.03. The number of hydrogen-bond acceptors (Lipinski definition) is 2. The number of hydrogen-bond donors (Lipinski definition) is 1. The van der Waals surface area contributed by atoms with Gasteiger partial charge in [-0.25, -0.2) is 9.18 Å². The van der Waals surface area contributed by atoms with Crippen LogP contribution in [0.3, 0.4) is 0 Å². The molecule has 0 spiro atoms. The summed E-state index contributed by atoms with van der Waals surface area (Å²) in [4.78, 5) is 24.6. The standard InChI is InChI=1S/C15H20FNO3/c1-4-10(3)9-17(5-2)14(18)12-7-6-11(15(19)20)8-13(12)16/h6-8,10H,4-5,9H2,1-3H3,(H,19,20)/t10-/m0/s1. The number of carbonyl (C=O) groups is 2. The Balaban J connectivity index is 2.98. The fraction of sp³-hybridized carbons (Fsp3) is 0.467. The summed E-state index contributed by atoms with van der Waals surface area (Å²) in [6.07, 6.45) is 0.935. The van der Waals surface area contributed by atoms with Crippen molar-refractivity contribution in [3.63, 3.8) is 0 Å². The van der Waals surface area contributed by atoms with E-state index in [1.54, 1.807) is 4.90 Å². The summed E-state index contributed by atoms with van der Waals surface area (Å²) in [7, 11) is 0. The first-order chi connectivity index (χ1) is 9.40. The van der Waals surface area contributed by atoms with Crippen molar-refractivity contribution in [2.45, 2.75) is 27.2 Å². The highest BCUT2D eigenvalue weighted by atomic mass is 19.1. The van der Waals surface area contributed by atoms with E-state index in [2.05, 4.69) is 0 Å². The molecule has 0 fully saturated rings. The molecule has 110 valence electrons. The molecule has 1 amide bonds. The predicted molar refractivity (Wildman–Crippen MR) is 74.4 cm³/mol. The Morgan fingerprint density at radius 1 is 1.35 bits per heavy atom.